The predicted molar refractivity (Wildman–Crippen MR) is 108 cm³/mol. The lowest BCUT2D eigenvalue weighted by molar-refractivity contribution is -0.0523. The van der Waals surface area contributed by atoms with Crippen molar-refractivity contribution in [3.05, 3.63) is 35.4 Å². The molecule has 1 aromatic carbocycles. The van der Waals surface area contributed by atoms with E-state index in [9.17, 15) is 9.90 Å². The van der Waals surface area contributed by atoms with Gasteiger partial charge >= 0.3 is 0 Å². The molecule has 0 radical (unpaired) electrons. The number of nitriles is 1. The molecule has 0 aliphatic carbocycles. The first-order chi connectivity index (χ1) is 14.1. The van der Waals surface area contributed by atoms with E-state index in [0.717, 1.165) is 0 Å². The number of carbonyl (C=O) groups excluding carboxylic acids is 1. The zero-order chi connectivity index (χ0) is 22.3. The molecule has 1 heterocycles. The molecule has 1 amide bonds. The van der Waals surface area contributed by atoms with Crippen molar-refractivity contribution >= 4 is 11.7 Å². The Morgan fingerprint density at radius 2 is 2.13 bits per heavy atom. The molecule has 30 heavy (non-hydrogen) atoms. The molecule has 0 fully saturated rings. The first-order valence-electron chi connectivity index (χ1n) is 9.12. The molecule has 10 nitrogen and oxygen atoms in total. The highest BCUT2D eigenvalue weighted by Crippen LogP contribution is 2.27. The SMILES string of the molecule is COC[C@@H](C)Oc1nc(-c2cccc(C#N)c2)nc(N)c1C(=O)NOCC(C)(C)O. The summed E-state index contributed by atoms with van der Waals surface area (Å²) in [6.45, 7) is 4.90. The van der Waals surface area contributed by atoms with Crippen molar-refractivity contribution in [2.75, 3.05) is 26.1 Å². The number of methoxy groups -OCH3 is 1. The van der Waals surface area contributed by atoms with E-state index >= 15 is 0 Å². The number of nitrogens with one attached hydrogen (secondary N) is 1. The van der Waals surface area contributed by atoms with E-state index in [2.05, 4.69) is 15.4 Å². The number of amides is 1. The fourth-order valence-corrected chi connectivity index (χ4v) is 2.40. The van der Waals surface area contributed by atoms with E-state index in [0.29, 0.717) is 11.1 Å². The lowest BCUT2D eigenvalue weighted by Gasteiger charge is -2.19. The van der Waals surface area contributed by atoms with Crippen LogP contribution in [0.2, 0.25) is 0 Å². The molecular formula is C20H25N5O5. The third-order valence-electron chi connectivity index (χ3n) is 3.69. The number of ether oxygens (including phenoxy) is 2. The van der Waals surface area contributed by atoms with Crippen molar-refractivity contribution in [2.45, 2.75) is 32.5 Å². The molecule has 2 rings (SSSR count). The predicted octanol–water partition coefficient (Wildman–Crippen LogP) is 1.44. The van der Waals surface area contributed by atoms with Crippen molar-refractivity contribution in [3.63, 3.8) is 0 Å². The number of nitrogens with zero attached hydrogens (tertiary/aromatic N) is 3. The van der Waals surface area contributed by atoms with Crippen LogP contribution in [0.5, 0.6) is 5.88 Å². The van der Waals surface area contributed by atoms with Gasteiger partial charge in [0.1, 0.15) is 24.1 Å². The van der Waals surface area contributed by atoms with Crippen LogP contribution < -0.4 is 16.0 Å². The van der Waals surface area contributed by atoms with Gasteiger partial charge in [-0.15, -0.1) is 0 Å². The number of aromatic nitrogens is 2. The molecule has 0 saturated carbocycles. The quantitative estimate of drug-likeness (QED) is 0.516. The van der Waals surface area contributed by atoms with Crippen molar-refractivity contribution in [3.8, 4) is 23.3 Å². The molecule has 0 saturated heterocycles. The zero-order valence-corrected chi connectivity index (χ0v) is 17.3. The highest BCUT2D eigenvalue weighted by atomic mass is 16.7. The molecule has 0 spiro atoms. The van der Waals surface area contributed by atoms with Crippen LogP contribution in [-0.4, -0.2) is 53.0 Å². The Morgan fingerprint density at radius 3 is 2.77 bits per heavy atom. The maximum Gasteiger partial charge on any atom is 0.284 e. The lowest BCUT2D eigenvalue weighted by atomic mass is 10.1. The van der Waals surface area contributed by atoms with Crippen LogP contribution in [0.1, 0.15) is 36.7 Å². The summed E-state index contributed by atoms with van der Waals surface area (Å²) in [6, 6.07) is 8.69. The van der Waals surface area contributed by atoms with E-state index < -0.39 is 17.6 Å². The minimum Gasteiger partial charge on any atom is -0.471 e. The average Bonchev–Trinajstić information content (AvgIpc) is 2.66. The van der Waals surface area contributed by atoms with Gasteiger partial charge in [-0.05, 0) is 32.9 Å². The van der Waals surface area contributed by atoms with Crippen LogP contribution in [0, 0.1) is 11.3 Å². The number of benzene rings is 1. The number of rotatable bonds is 9. The molecule has 4 N–H and O–H groups in total. The second-order valence-corrected chi connectivity index (χ2v) is 7.22. The van der Waals surface area contributed by atoms with Gasteiger partial charge in [-0.25, -0.2) is 10.5 Å². The third-order valence-corrected chi connectivity index (χ3v) is 3.69. The molecule has 2 aromatic rings. The molecule has 0 aliphatic heterocycles. The van der Waals surface area contributed by atoms with Crippen LogP contribution in [-0.2, 0) is 9.57 Å². The van der Waals surface area contributed by atoms with Crippen LogP contribution in [0.4, 0.5) is 5.82 Å². The van der Waals surface area contributed by atoms with Gasteiger partial charge in [0.15, 0.2) is 5.82 Å². The normalized spacial score (nSPS) is 12.1. The van der Waals surface area contributed by atoms with Gasteiger partial charge in [-0.2, -0.15) is 10.2 Å². The van der Waals surface area contributed by atoms with Gasteiger partial charge in [-0.3, -0.25) is 9.63 Å². The Hall–Kier alpha value is -3.26. The smallest absolute Gasteiger partial charge is 0.284 e. The number of nitrogens with two attached hydrogens (primary N) is 1. The van der Waals surface area contributed by atoms with Crippen molar-refractivity contribution in [1.82, 2.24) is 15.4 Å². The summed E-state index contributed by atoms with van der Waals surface area (Å²) in [5.74, 6) is -0.730. The average molecular weight is 415 g/mol. The van der Waals surface area contributed by atoms with E-state index in [1.54, 1.807) is 31.2 Å². The summed E-state index contributed by atoms with van der Waals surface area (Å²) in [7, 11) is 1.52. The summed E-state index contributed by atoms with van der Waals surface area (Å²) >= 11 is 0. The van der Waals surface area contributed by atoms with E-state index in [1.165, 1.54) is 21.0 Å². The van der Waals surface area contributed by atoms with Gasteiger partial charge in [0.05, 0.1) is 23.8 Å². The number of hydrogen-bond acceptors (Lipinski definition) is 9. The summed E-state index contributed by atoms with van der Waals surface area (Å²) in [5, 5.41) is 18.8. The molecule has 10 heteroatoms. The van der Waals surface area contributed by atoms with Crippen molar-refractivity contribution in [2.24, 2.45) is 0 Å². The maximum absolute atomic E-state index is 12.6. The molecule has 0 bridgehead atoms. The summed E-state index contributed by atoms with van der Waals surface area (Å²) in [5.41, 5.74) is 7.95. The minimum atomic E-state index is -1.14. The topological polar surface area (TPSA) is 153 Å². The van der Waals surface area contributed by atoms with Crippen LogP contribution >= 0.6 is 0 Å². The van der Waals surface area contributed by atoms with Gasteiger partial charge in [0, 0.05) is 12.7 Å². The van der Waals surface area contributed by atoms with Crippen LogP contribution in [0.25, 0.3) is 11.4 Å². The van der Waals surface area contributed by atoms with E-state index in [4.69, 9.17) is 25.3 Å². The molecule has 0 unspecified atom stereocenters. The highest BCUT2D eigenvalue weighted by Gasteiger charge is 2.24. The van der Waals surface area contributed by atoms with Crippen LogP contribution in [0.15, 0.2) is 24.3 Å². The fourth-order valence-electron chi connectivity index (χ4n) is 2.40. The molecule has 1 atom stereocenters. The first kappa shape index (κ1) is 23.0. The fraction of sp³-hybridized carbons (Fsp3) is 0.400. The largest absolute Gasteiger partial charge is 0.471 e. The molecule has 0 aliphatic rings. The second kappa shape index (κ2) is 9.98. The molecule has 1 aromatic heterocycles. The van der Waals surface area contributed by atoms with Crippen molar-refractivity contribution in [1.29, 1.82) is 5.26 Å². The number of hydroxylamine groups is 1. The van der Waals surface area contributed by atoms with Gasteiger partial charge in [0.25, 0.3) is 5.91 Å². The van der Waals surface area contributed by atoms with Gasteiger partial charge in [0.2, 0.25) is 5.88 Å². The number of aliphatic hydroxyl groups is 1. The summed E-state index contributed by atoms with van der Waals surface area (Å²) < 4.78 is 10.8. The molecular weight excluding hydrogens is 390 g/mol. The maximum atomic E-state index is 12.6. The number of carbonyl (C=O) groups is 1. The summed E-state index contributed by atoms with van der Waals surface area (Å²) in [4.78, 5) is 26.2. The van der Waals surface area contributed by atoms with Gasteiger partial charge in [-0.1, -0.05) is 12.1 Å². The summed E-state index contributed by atoms with van der Waals surface area (Å²) in [6.07, 6.45) is -0.438. The third kappa shape index (κ3) is 6.38. The van der Waals surface area contributed by atoms with E-state index in [1.807, 2.05) is 6.07 Å². The number of hydrogen-bond donors (Lipinski definition) is 3. The second-order valence-electron chi connectivity index (χ2n) is 7.22. The van der Waals surface area contributed by atoms with Crippen LogP contribution in [0.3, 0.4) is 0 Å². The first-order valence-corrected chi connectivity index (χ1v) is 9.12. The Morgan fingerprint density at radius 1 is 1.40 bits per heavy atom. The Balaban J connectivity index is 2.42. The monoisotopic (exact) mass is 415 g/mol. The standard InChI is InChI=1S/C20H25N5O5/c1-12(10-28-4)30-19-15(18(26)25-29-11-20(2,3)27)16(22)23-17(24-19)14-7-5-6-13(8-14)9-21/h5-8,12,27H,10-11H2,1-4H3,(H,25,26)(H2,22,23,24)/t12-/m1/s1. The minimum absolute atomic E-state index is 0.0613. The lowest BCUT2D eigenvalue weighted by Crippen LogP contribution is -2.34. The van der Waals surface area contributed by atoms with Crippen molar-refractivity contribution < 1.29 is 24.2 Å². The highest BCUT2D eigenvalue weighted by molar-refractivity contribution is 6.00. The van der Waals surface area contributed by atoms with Gasteiger partial charge < -0.3 is 20.3 Å². The zero-order valence-electron chi connectivity index (χ0n) is 17.3. The Labute approximate surface area is 174 Å². The number of nitrogen functional groups attached to an aromatic ring is 1. The number of anilines is 1. The Kier molecular flexibility index (Phi) is 7.66. The van der Waals surface area contributed by atoms with E-state index in [-0.39, 0.29) is 36.3 Å². The Bertz CT molecular complexity index is 936. The molecule has 160 valence electrons.